The monoisotopic (exact) mass is 276 g/mol. The van der Waals surface area contributed by atoms with E-state index in [1.54, 1.807) is 11.8 Å². The Morgan fingerprint density at radius 2 is 2.06 bits per heavy atom. The Bertz CT molecular complexity index is 517. The molecule has 17 heavy (non-hydrogen) atoms. The van der Waals surface area contributed by atoms with Crippen LogP contribution in [0.15, 0.2) is 17.2 Å². The van der Waals surface area contributed by atoms with Crippen molar-refractivity contribution in [2.45, 2.75) is 4.90 Å². The summed E-state index contributed by atoms with van der Waals surface area (Å²) in [6, 6.07) is 1.15. The first-order chi connectivity index (χ1) is 8.01. The average molecular weight is 276 g/mol. The van der Waals surface area contributed by atoms with Gasteiger partial charge in [0.1, 0.15) is 10.6 Å². The Balaban J connectivity index is 2.27. The number of aromatic carboxylic acids is 1. The molecular formula is C9H12N2O4S2. The number of thioether (sulfide) groups is 1. The fraction of sp³-hybridized carbons (Fsp3) is 0.444. The second-order valence-corrected chi connectivity index (χ2v) is 6.73. The van der Waals surface area contributed by atoms with Gasteiger partial charge in [0, 0.05) is 30.8 Å². The summed E-state index contributed by atoms with van der Waals surface area (Å²) >= 11 is 1.71. The highest BCUT2D eigenvalue weighted by Gasteiger charge is 2.27. The first-order valence-corrected chi connectivity index (χ1v) is 7.61. The van der Waals surface area contributed by atoms with E-state index in [0.717, 1.165) is 17.6 Å². The molecule has 0 unspecified atom stereocenters. The van der Waals surface area contributed by atoms with Crippen LogP contribution >= 0.6 is 11.8 Å². The van der Waals surface area contributed by atoms with Gasteiger partial charge in [-0.05, 0) is 6.07 Å². The fourth-order valence-electron chi connectivity index (χ4n) is 1.58. The van der Waals surface area contributed by atoms with E-state index in [1.807, 2.05) is 0 Å². The lowest BCUT2D eigenvalue weighted by molar-refractivity contribution is 0.0691. The number of nitrogens with one attached hydrogen (secondary N) is 1. The summed E-state index contributed by atoms with van der Waals surface area (Å²) < 4.78 is 25.6. The summed E-state index contributed by atoms with van der Waals surface area (Å²) in [5.41, 5.74) is -0.116. The van der Waals surface area contributed by atoms with Crippen LogP contribution in [-0.2, 0) is 10.0 Å². The largest absolute Gasteiger partial charge is 0.477 e. The maximum Gasteiger partial charge on any atom is 0.352 e. The zero-order valence-corrected chi connectivity index (χ0v) is 10.6. The quantitative estimate of drug-likeness (QED) is 0.836. The molecule has 1 fully saturated rings. The van der Waals surface area contributed by atoms with Crippen LogP contribution in [0.1, 0.15) is 10.5 Å². The highest BCUT2D eigenvalue weighted by molar-refractivity contribution is 7.99. The van der Waals surface area contributed by atoms with Crippen LogP contribution in [0.4, 0.5) is 0 Å². The second-order valence-electron chi connectivity index (χ2n) is 3.57. The molecule has 2 N–H and O–H groups in total. The van der Waals surface area contributed by atoms with Crippen molar-refractivity contribution < 1.29 is 18.3 Å². The van der Waals surface area contributed by atoms with Gasteiger partial charge in [-0.25, -0.2) is 13.2 Å². The molecule has 0 atom stereocenters. The number of rotatable bonds is 3. The van der Waals surface area contributed by atoms with E-state index in [0.29, 0.717) is 13.1 Å². The predicted octanol–water partition coefficient (Wildman–Crippen LogP) is 0.450. The summed E-state index contributed by atoms with van der Waals surface area (Å²) in [6.45, 7) is 0.946. The molecule has 2 rings (SSSR count). The fourth-order valence-corrected chi connectivity index (χ4v) is 4.15. The smallest absolute Gasteiger partial charge is 0.352 e. The third-order valence-electron chi connectivity index (χ3n) is 2.49. The van der Waals surface area contributed by atoms with Crippen molar-refractivity contribution in [3.63, 3.8) is 0 Å². The summed E-state index contributed by atoms with van der Waals surface area (Å²) in [4.78, 5) is 13.1. The summed E-state index contributed by atoms with van der Waals surface area (Å²) in [5.74, 6) is 0.380. The Kier molecular flexibility index (Phi) is 3.45. The molecule has 0 amide bonds. The average Bonchev–Trinajstić information content (AvgIpc) is 2.80. The Morgan fingerprint density at radius 3 is 2.59 bits per heavy atom. The zero-order valence-electron chi connectivity index (χ0n) is 8.92. The number of carboxylic acid groups (broad SMARTS) is 1. The molecule has 6 nitrogen and oxygen atoms in total. The van der Waals surface area contributed by atoms with Gasteiger partial charge >= 0.3 is 5.97 Å². The minimum Gasteiger partial charge on any atom is -0.477 e. The lowest BCUT2D eigenvalue weighted by Crippen LogP contribution is -2.37. The van der Waals surface area contributed by atoms with E-state index in [9.17, 15) is 13.2 Å². The first-order valence-electron chi connectivity index (χ1n) is 5.01. The van der Waals surface area contributed by atoms with Crippen molar-refractivity contribution in [1.29, 1.82) is 0 Å². The maximum absolute atomic E-state index is 12.1. The third kappa shape index (κ3) is 2.48. The molecule has 0 aromatic carbocycles. The predicted molar refractivity (Wildman–Crippen MR) is 63.8 cm³/mol. The molecule has 1 aliphatic rings. The van der Waals surface area contributed by atoms with E-state index in [2.05, 4.69) is 4.98 Å². The van der Waals surface area contributed by atoms with Crippen molar-refractivity contribution in [3.8, 4) is 0 Å². The van der Waals surface area contributed by atoms with Crippen molar-refractivity contribution in [2.75, 3.05) is 24.6 Å². The Morgan fingerprint density at radius 1 is 1.41 bits per heavy atom. The minimum absolute atomic E-state index is 0.0156. The molecule has 0 bridgehead atoms. The van der Waals surface area contributed by atoms with E-state index in [1.165, 1.54) is 10.5 Å². The van der Waals surface area contributed by atoms with Gasteiger partial charge < -0.3 is 10.1 Å². The molecule has 1 saturated heterocycles. The van der Waals surface area contributed by atoms with Gasteiger partial charge in [0.15, 0.2) is 0 Å². The highest BCUT2D eigenvalue weighted by Crippen LogP contribution is 2.20. The second kappa shape index (κ2) is 4.71. The van der Waals surface area contributed by atoms with E-state index in [-0.39, 0.29) is 10.6 Å². The number of hydrogen-bond acceptors (Lipinski definition) is 4. The Labute approximate surface area is 103 Å². The van der Waals surface area contributed by atoms with Crippen LogP contribution in [-0.4, -0.2) is 53.4 Å². The van der Waals surface area contributed by atoms with Gasteiger partial charge in [-0.1, -0.05) is 0 Å². The summed E-state index contributed by atoms with van der Waals surface area (Å²) in [5, 5.41) is 8.73. The van der Waals surface area contributed by atoms with Crippen molar-refractivity contribution in [1.82, 2.24) is 9.29 Å². The zero-order chi connectivity index (χ0) is 12.5. The number of H-pyrrole nitrogens is 1. The van der Waals surface area contributed by atoms with Crippen molar-refractivity contribution in [3.05, 3.63) is 18.0 Å². The molecule has 1 aromatic heterocycles. The molecule has 2 heterocycles. The van der Waals surface area contributed by atoms with E-state index >= 15 is 0 Å². The van der Waals surface area contributed by atoms with Gasteiger partial charge in [0.2, 0.25) is 10.0 Å². The van der Waals surface area contributed by atoms with Crippen LogP contribution in [0, 0.1) is 0 Å². The van der Waals surface area contributed by atoms with Crippen LogP contribution in [0.3, 0.4) is 0 Å². The lowest BCUT2D eigenvalue weighted by atomic mass is 10.4. The molecule has 0 spiro atoms. The number of carbonyl (C=O) groups is 1. The van der Waals surface area contributed by atoms with Gasteiger partial charge in [-0.2, -0.15) is 16.1 Å². The number of carboxylic acids is 1. The molecule has 1 aromatic rings. The molecular weight excluding hydrogens is 264 g/mol. The molecule has 94 valence electrons. The van der Waals surface area contributed by atoms with Crippen LogP contribution in [0.25, 0.3) is 0 Å². The van der Waals surface area contributed by atoms with Gasteiger partial charge in [-0.15, -0.1) is 0 Å². The van der Waals surface area contributed by atoms with E-state index < -0.39 is 16.0 Å². The SMILES string of the molecule is O=C(O)c1cc(S(=O)(=O)N2CCSCC2)c[nH]1. The number of sulfonamides is 1. The molecule has 0 aliphatic carbocycles. The highest BCUT2D eigenvalue weighted by atomic mass is 32.2. The van der Waals surface area contributed by atoms with Gasteiger partial charge in [0.25, 0.3) is 0 Å². The topological polar surface area (TPSA) is 90.5 Å². The lowest BCUT2D eigenvalue weighted by Gasteiger charge is -2.24. The first kappa shape index (κ1) is 12.5. The third-order valence-corrected chi connectivity index (χ3v) is 5.31. The van der Waals surface area contributed by atoms with Crippen LogP contribution < -0.4 is 0 Å². The van der Waals surface area contributed by atoms with Gasteiger partial charge in [-0.3, -0.25) is 0 Å². The molecule has 8 heteroatoms. The normalized spacial score (nSPS) is 18.1. The number of aromatic amines is 1. The van der Waals surface area contributed by atoms with Crippen molar-refractivity contribution in [2.24, 2.45) is 0 Å². The number of aromatic nitrogens is 1. The van der Waals surface area contributed by atoms with Crippen molar-refractivity contribution >= 4 is 27.8 Å². The summed E-state index contributed by atoms with van der Waals surface area (Å²) in [6.07, 6.45) is 1.22. The standard InChI is InChI=1S/C9H12N2O4S2/c12-9(13)8-5-7(6-10-8)17(14,15)11-1-3-16-4-2-11/h5-6,10H,1-4H2,(H,12,13). The number of hydrogen-bond donors (Lipinski definition) is 2. The van der Waals surface area contributed by atoms with Gasteiger partial charge in [0.05, 0.1) is 0 Å². The molecule has 0 saturated carbocycles. The molecule has 0 radical (unpaired) electrons. The van der Waals surface area contributed by atoms with Crippen LogP contribution in [0.5, 0.6) is 0 Å². The Hall–Kier alpha value is -0.990. The summed E-state index contributed by atoms with van der Waals surface area (Å²) in [7, 11) is -3.55. The molecule has 1 aliphatic heterocycles. The van der Waals surface area contributed by atoms with Crippen LogP contribution in [0.2, 0.25) is 0 Å². The minimum atomic E-state index is -3.55. The number of nitrogens with zero attached hydrogens (tertiary/aromatic N) is 1. The maximum atomic E-state index is 12.1. The van der Waals surface area contributed by atoms with E-state index in [4.69, 9.17) is 5.11 Å².